The van der Waals surface area contributed by atoms with E-state index in [2.05, 4.69) is 5.10 Å². The number of halogens is 1. The second-order valence-corrected chi connectivity index (χ2v) is 3.64. The first-order valence-electron chi connectivity index (χ1n) is 4.71. The van der Waals surface area contributed by atoms with Crippen LogP contribution in [0.15, 0.2) is 36.5 Å². The Balaban J connectivity index is 2.29. The van der Waals surface area contributed by atoms with Gasteiger partial charge >= 0.3 is 0 Å². The van der Waals surface area contributed by atoms with Gasteiger partial charge in [-0.15, -0.1) is 0 Å². The largest absolute Gasteiger partial charge is 0.396 e. The smallest absolute Gasteiger partial charge is 0.0660 e. The van der Waals surface area contributed by atoms with Crippen LogP contribution >= 0.6 is 11.6 Å². The van der Waals surface area contributed by atoms with E-state index >= 15 is 0 Å². The first-order valence-corrected chi connectivity index (χ1v) is 5.09. The van der Waals surface area contributed by atoms with Gasteiger partial charge in [-0.3, -0.25) is 0 Å². The zero-order valence-electron chi connectivity index (χ0n) is 8.10. The Morgan fingerprint density at radius 1 is 1.33 bits per heavy atom. The third-order valence-corrected chi connectivity index (χ3v) is 2.32. The van der Waals surface area contributed by atoms with E-state index in [1.807, 2.05) is 36.5 Å². The van der Waals surface area contributed by atoms with Gasteiger partial charge in [-0.25, -0.2) is 4.68 Å². The zero-order valence-corrected chi connectivity index (χ0v) is 8.85. The van der Waals surface area contributed by atoms with Crippen molar-refractivity contribution in [3.63, 3.8) is 0 Å². The van der Waals surface area contributed by atoms with Crippen molar-refractivity contribution < 1.29 is 5.11 Å². The number of rotatable bonds is 3. The number of aliphatic hydroxyl groups is 1. The Morgan fingerprint density at radius 2 is 2.20 bits per heavy atom. The molecule has 0 aliphatic rings. The highest BCUT2D eigenvalue weighted by Gasteiger charge is 2.00. The highest BCUT2D eigenvalue weighted by molar-refractivity contribution is 6.30. The van der Waals surface area contributed by atoms with Gasteiger partial charge < -0.3 is 5.11 Å². The molecule has 0 aliphatic carbocycles. The van der Waals surface area contributed by atoms with E-state index < -0.39 is 0 Å². The minimum atomic E-state index is 0.118. The average molecular weight is 223 g/mol. The van der Waals surface area contributed by atoms with Gasteiger partial charge in [-0.2, -0.15) is 5.10 Å². The molecule has 0 atom stereocenters. The lowest BCUT2D eigenvalue weighted by Gasteiger charge is -2.00. The summed E-state index contributed by atoms with van der Waals surface area (Å²) in [6.45, 7) is 0.118. The Labute approximate surface area is 92.9 Å². The molecular formula is C11H11ClN2O. The van der Waals surface area contributed by atoms with Crippen molar-refractivity contribution in [3.05, 3.63) is 47.2 Å². The van der Waals surface area contributed by atoms with Gasteiger partial charge in [0.15, 0.2) is 0 Å². The molecule has 1 aromatic carbocycles. The molecule has 78 valence electrons. The molecular weight excluding hydrogens is 212 g/mol. The van der Waals surface area contributed by atoms with Crippen LogP contribution in [0.5, 0.6) is 0 Å². The summed E-state index contributed by atoms with van der Waals surface area (Å²) in [5, 5.41) is 13.8. The molecule has 0 saturated heterocycles. The minimum absolute atomic E-state index is 0.118. The lowest BCUT2D eigenvalue weighted by atomic mass is 10.3. The summed E-state index contributed by atoms with van der Waals surface area (Å²) in [6, 6.07) is 9.37. The summed E-state index contributed by atoms with van der Waals surface area (Å²) < 4.78 is 1.75. The van der Waals surface area contributed by atoms with Crippen molar-refractivity contribution in [2.45, 2.75) is 6.42 Å². The van der Waals surface area contributed by atoms with Crippen molar-refractivity contribution in [1.82, 2.24) is 9.78 Å². The van der Waals surface area contributed by atoms with E-state index in [-0.39, 0.29) is 6.61 Å². The fourth-order valence-electron chi connectivity index (χ4n) is 1.37. The van der Waals surface area contributed by atoms with Gasteiger partial charge in [0.2, 0.25) is 0 Å². The van der Waals surface area contributed by atoms with Crippen LogP contribution in [0.1, 0.15) is 5.69 Å². The number of benzene rings is 1. The minimum Gasteiger partial charge on any atom is -0.396 e. The van der Waals surface area contributed by atoms with Gasteiger partial charge in [0.1, 0.15) is 0 Å². The van der Waals surface area contributed by atoms with Crippen LogP contribution in [0.2, 0.25) is 5.02 Å². The molecule has 0 bridgehead atoms. The zero-order chi connectivity index (χ0) is 10.7. The van der Waals surface area contributed by atoms with Gasteiger partial charge in [-0.05, 0) is 24.3 Å². The third-order valence-electron chi connectivity index (χ3n) is 2.08. The summed E-state index contributed by atoms with van der Waals surface area (Å²) >= 11 is 5.88. The predicted octanol–water partition coefficient (Wildman–Crippen LogP) is 2.06. The monoisotopic (exact) mass is 222 g/mol. The predicted molar refractivity (Wildman–Crippen MR) is 59.4 cm³/mol. The topological polar surface area (TPSA) is 38.0 Å². The maximum Gasteiger partial charge on any atom is 0.0660 e. The fraction of sp³-hybridized carbons (Fsp3) is 0.182. The van der Waals surface area contributed by atoms with Crippen molar-refractivity contribution in [3.8, 4) is 5.69 Å². The van der Waals surface area contributed by atoms with Crippen LogP contribution in [0.4, 0.5) is 0 Å². The highest BCUT2D eigenvalue weighted by atomic mass is 35.5. The molecule has 0 fully saturated rings. The number of hydrogen-bond donors (Lipinski definition) is 1. The lowest BCUT2D eigenvalue weighted by Crippen LogP contribution is -1.97. The lowest BCUT2D eigenvalue weighted by molar-refractivity contribution is 0.298. The summed E-state index contributed by atoms with van der Waals surface area (Å²) in [4.78, 5) is 0. The Kier molecular flexibility index (Phi) is 3.04. The third kappa shape index (κ3) is 2.37. The summed E-state index contributed by atoms with van der Waals surface area (Å²) in [5.74, 6) is 0. The normalized spacial score (nSPS) is 10.5. The summed E-state index contributed by atoms with van der Waals surface area (Å²) in [5.41, 5.74) is 1.80. The Hall–Kier alpha value is -1.32. The first-order chi connectivity index (χ1) is 7.29. The number of hydrogen-bond acceptors (Lipinski definition) is 2. The first kappa shape index (κ1) is 10.2. The van der Waals surface area contributed by atoms with Crippen molar-refractivity contribution >= 4 is 11.6 Å². The molecule has 15 heavy (non-hydrogen) atoms. The maximum atomic E-state index is 8.77. The summed E-state index contributed by atoms with van der Waals surface area (Å²) in [6.07, 6.45) is 2.43. The van der Waals surface area contributed by atoms with E-state index in [4.69, 9.17) is 16.7 Å². The molecule has 0 aliphatic heterocycles. The molecule has 2 aromatic rings. The van der Waals surface area contributed by atoms with Crippen LogP contribution in [0.3, 0.4) is 0 Å². The maximum absolute atomic E-state index is 8.77. The second kappa shape index (κ2) is 4.47. The second-order valence-electron chi connectivity index (χ2n) is 3.21. The average Bonchev–Trinajstić information content (AvgIpc) is 2.67. The van der Waals surface area contributed by atoms with E-state index in [9.17, 15) is 0 Å². The van der Waals surface area contributed by atoms with Crippen LogP contribution in [-0.2, 0) is 6.42 Å². The molecule has 0 spiro atoms. The number of aromatic nitrogens is 2. The van der Waals surface area contributed by atoms with Gasteiger partial charge in [0, 0.05) is 24.2 Å². The van der Waals surface area contributed by atoms with Crippen molar-refractivity contribution in [2.24, 2.45) is 0 Å². The van der Waals surface area contributed by atoms with Crippen molar-refractivity contribution in [1.29, 1.82) is 0 Å². The standard InChI is InChI=1S/C11H11ClN2O/c12-9-2-1-3-11(8-9)14-6-4-10(13-14)5-7-15/h1-4,6,8,15H,5,7H2. The van der Waals surface area contributed by atoms with E-state index in [0.717, 1.165) is 11.4 Å². The van der Waals surface area contributed by atoms with Crippen LogP contribution in [-0.4, -0.2) is 21.5 Å². The molecule has 0 radical (unpaired) electrons. The van der Waals surface area contributed by atoms with Crippen LogP contribution < -0.4 is 0 Å². The molecule has 4 heteroatoms. The van der Waals surface area contributed by atoms with Crippen molar-refractivity contribution in [2.75, 3.05) is 6.61 Å². The van der Waals surface area contributed by atoms with Gasteiger partial charge in [-0.1, -0.05) is 17.7 Å². The van der Waals surface area contributed by atoms with Gasteiger partial charge in [0.05, 0.1) is 11.4 Å². The molecule has 3 nitrogen and oxygen atoms in total. The number of aliphatic hydroxyl groups excluding tert-OH is 1. The molecule has 1 heterocycles. The molecule has 0 amide bonds. The molecule has 0 saturated carbocycles. The Bertz CT molecular complexity index is 453. The molecule has 0 unspecified atom stereocenters. The highest BCUT2D eigenvalue weighted by Crippen LogP contribution is 2.14. The van der Waals surface area contributed by atoms with Gasteiger partial charge in [0.25, 0.3) is 0 Å². The molecule has 2 rings (SSSR count). The molecule has 1 N–H and O–H groups in total. The summed E-state index contributed by atoms with van der Waals surface area (Å²) in [7, 11) is 0. The molecule has 1 aromatic heterocycles. The Morgan fingerprint density at radius 3 is 2.93 bits per heavy atom. The van der Waals surface area contributed by atoms with E-state index in [1.165, 1.54) is 0 Å². The van der Waals surface area contributed by atoms with Crippen LogP contribution in [0.25, 0.3) is 5.69 Å². The number of nitrogens with zero attached hydrogens (tertiary/aromatic N) is 2. The van der Waals surface area contributed by atoms with Crippen LogP contribution in [0, 0.1) is 0 Å². The van der Waals surface area contributed by atoms with E-state index in [0.29, 0.717) is 11.4 Å². The fourth-order valence-corrected chi connectivity index (χ4v) is 1.56. The quantitative estimate of drug-likeness (QED) is 0.864. The SMILES string of the molecule is OCCc1ccn(-c2cccc(Cl)c2)n1. The van der Waals surface area contributed by atoms with E-state index in [1.54, 1.807) is 4.68 Å².